The molecule has 2 aliphatic heterocycles. The standard InChI is InChI=1S/C19H27N3O3/c1-3-13(2)17-18(24)20-15-8-4-5-9-16(15)22(17)19(25)21-10-6-7-14(11-21)12-23/h4-5,8-9,13-14,17,23H,3,6-7,10-12H2,1-2H3,(H,20,24)/t13-,14-,17-/m0/s1. The number of nitrogens with one attached hydrogen (secondary N) is 1. The Kier molecular flexibility index (Phi) is 5.27. The number of aliphatic hydroxyl groups is 1. The summed E-state index contributed by atoms with van der Waals surface area (Å²) in [4.78, 5) is 29.5. The number of carbonyl (C=O) groups is 2. The van der Waals surface area contributed by atoms with Crippen molar-refractivity contribution in [3.8, 4) is 0 Å². The molecule has 0 saturated carbocycles. The highest BCUT2D eigenvalue weighted by Crippen LogP contribution is 2.36. The fourth-order valence-electron chi connectivity index (χ4n) is 3.76. The van der Waals surface area contributed by atoms with Crippen LogP contribution in [0.15, 0.2) is 24.3 Å². The van der Waals surface area contributed by atoms with E-state index < -0.39 is 6.04 Å². The topological polar surface area (TPSA) is 72.9 Å². The van der Waals surface area contributed by atoms with E-state index in [0.29, 0.717) is 18.8 Å². The largest absolute Gasteiger partial charge is 0.396 e. The molecule has 0 bridgehead atoms. The molecule has 2 N–H and O–H groups in total. The van der Waals surface area contributed by atoms with Gasteiger partial charge in [0.2, 0.25) is 5.91 Å². The van der Waals surface area contributed by atoms with Gasteiger partial charge in [0.1, 0.15) is 6.04 Å². The van der Waals surface area contributed by atoms with Gasteiger partial charge in [0.15, 0.2) is 0 Å². The second kappa shape index (κ2) is 7.44. The van der Waals surface area contributed by atoms with Crippen LogP contribution in [0.2, 0.25) is 0 Å². The molecule has 2 aliphatic rings. The van der Waals surface area contributed by atoms with E-state index in [0.717, 1.165) is 24.9 Å². The first-order valence-corrected chi connectivity index (χ1v) is 9.15. The highest BCUT2D eigenvalue weighted by atomic mass is 16.3. The van der Waals surface area contributed by atoms with Gasteiger partial charge < -0.3 is 15.3 Å². The van der Waals surface area contributed by atoms with E-state index in [9.17, 15) is 14.7 Å². The predicted octanol–water partition coefficient (Wildman–Crippen LogP) is 2.68. The van der Waals surface area contributed by atoms with Crippen molar-refractivity contribution in [1.29, 1.82) is 0 Å². The normalized spacial score (nSPS) is 24.5. The first kappa shape index (κ1) is 17.7. The Morgan fingerprint density at radius 3 is 2.88 bits per heavy atom. The molecule has 3 atom stereocenters. The maximum Gasteiger partial charge on any atom is 0.325 e. The van der Waals surface area contributed by atoms with Crippen LogP contribution in [0.5, 0.6) is 0 Å². The van der Waals surface area contributed by atoms with Gasteiger partial charge in [-0.15, -0.1) is 0 Å². The van der Waals surface area contributed by atoms with Crippen molar-refractivity contribution in [1.82, 2.24) is 4.90 Å². The van der Waals surface area contributed by atoms with Crippen molar-refractivity contribution in [2.75, 3.05) is 29.9 Å². The summed E-state index contributed by atoms with van der Waals surface area (Å²) < 4.78 is 0. The van der Waals surface area contributed by atoms with Crippen molar-refractivity contribution >= 4 is 23.3 Å². The summed E-state index contributed by atoms with van der Waals surface area (Å²) in [6.07, 6.45) is 2.63. The number of para-hydroxylation sites is 2. The number of aliphatic hydroxyl groups excluding tert-OH is 1. The second-order valence-corrected chi connectivity index (χ2v) is 7.13. The number of carbonyl (C=O) groups excluding carboxylic acids is 2. The fraction of sp³-hybridized carbons (Fsp3) is 0.579. The Labute approximate surface area is 148 Å². The number of urea groups is 1. The minimum Gasteiger partial charge on any atom is -0.396 e. The molecule has 6 nitrogen and oxygen atoms in total. The van der Waals surface area contributed by atoms with Crippen LogP contribution in [-0.2, 0) is 4.79 Å². The van der Waals surface area contributed by atoms with Crippen LogP contribution in [0, 0.1) is 11.8 Å². The van der Waals surface area contributed by atoms with Crippen molar-refractivity contribution < 1.29 is 14.7 Å². The van der Waals surface area contributed by atoms with Gasteiger partial charge in [-0.3, -0.25) is 9.69 Å². The Balaban J connectivity index is 1.96. The molecule has 0 radical (unpaired) electrons. The lowest BCUT2D eigenvalue weighted by Crippen LogP contribution is -2.59. The number of piperidine rings is 1. The number of hydrogen-bond acceptors (Lipinski definition) is 3. The summed E-state index contributed by atoms with van der Waals surface area (Å²) in [5.41, 5.74) is 1.43. The molecule has 6 heteroatoms. The van der Waals surface area contributed by atoms with E-state index in [-0.39, 0.29) is 30.4 Å². The van der Waals surface area contributed by atoms with E-state index in [1.165, 1.54) is 0 Å². The number of amides is 3. The molecule has 25 heavy (non-hydrogen) atoms. The summed E-state index contributed by atoms with van der Waals surface area (Å²) in [6, 6.07) is 6.81. The lowest BCUT2D eigenvalue weighted by molar-refractivity contribution is -0.118. The third-order valence-electron chi connectivity index (χ3n) is 5.40. The van der Waals surface area contributed by atoms with Gasteiger partial charge in [-0.2, -0.15) is 0 Å². The molecule has 0 spiro atoms. The summed E-state index contributed by atoms with van der Waals surface area (Å²) in [5.74, 6) is 0.0430. The van der Waals surface area contributed by atoms with Crippen LogP contribution in [0.3, 0.4) is 0 Å². The molecular weight excluding hydrogens is 318 g/mol. The Morgan fingerprint density at radius 2 is 2.16 bits per heavy atom. The molecule has 136 valence electrons. The zero-order chi connectivity index (χ0) is 18.0. The number of nitrogens with zero attached hydrogens (tertiary/aromatic N) is 2. The second-order valence-electron chi connectivity index (χ2n) is 7.13. The van der Waals surface area contributed by atoms with Gasteiger partial charge in [-0.1, -0.05) is 32.4 Å². The van der Waals surface area contributed by atoms with Gasteiger partial charge >= 0.3 is 6.03 Å². The Bertz CT molecular complexity index is 649. The minimum absolute atomic E-state index is 0.0516. The molecule has 1 aromatic rings. The summed E-state index contributed by atoms with van der Waals surface area (Å²) in [5, 5.41) is 12.4. The van der Waals surface area contributed by atoms with Crippen LogP contribution < -0.4 is 10.2 Å². The molecule has 0 aromatic heterocycles. The molecule has 1 fully saturated rings. The van der Waals surface area contributed by atoms with Gasteiger partial charge in [-0.05, 0) is 36.8 Å². The fourth-order valence-corrected chi connectivity index (χ4v) is 3.76. The smallest absolute Gasteiger partial charge is 0.325 e. The first-order valence-electron chi connectivity index (χ1n) is 9.15. The van der Waals surface area contributed by atoms with Gasteiger partial charge in [0.25, 0.3) is 0 Å². The van der Waals surface area contributed by atoms with Gasteiger partial charge in [-0.25, -0.2) is 4.79 Å². The molecular formula is C19H27N3O3. The molecule has 3 amide bonds. The van der Waals surface area contributed by atoms with E-state index in [1.807, 2.05) is 38.1 Å². The molecule has 1 aromatic carbocycles. The van der Waals surface area contributed by atoms with E-state index in [2.05, 4.69) is 5.32 Å². The van der Waals surface area contributed by atoms with Crippen molar-refractivity contribution in [2.45, 2.75) is 39.2 Å². The lowest BCUT2D eigenvalue weighted by atomic mass is 9.93. The molecule has 0 unspecified atom stereocenters. The summed E-state index contributed by atoms with van der Waals surface area (Å²) >= 11 is 0. The SMILES string of the molecule is CC[C@H](C)[C@H]1C(=O)Nc2ccccc2N1C(=O)N1CCC[C@H](CO)C1. The van der Waals surface area contributed by atoms with Gasteiger partial charge in [0.05, 0.1) is 11.4 Å². The first-order chi connectivity index (χ1) is 12.1. The van der Waals surface area contributed by atoms with Crippen molar-refractivity contribution in [3.05, 3.63) is 24.3 Å². The number of benzene rings is 1. The quantitative estimate of drug-likeness (QED) is 0.885. The third-order valence-corrected chi connectivity index (χ3v) is 5.40. The van der Waals surface area contributed by atoms with Gasteiger partial charge in [0, 0.05) is 19.7 Å². The summed E-state index contributed by atoms with van der Waals surface area (Å²) in [7, 11) is 0. The molecule has 0 aliphatic carbocycles. The number of likely N-dealkylation sites (tertiary alicyclic amines) is 1. The maximum atomic E-state index is 13.3. The van der Waals surface area contributed by atoms with Crippen LogP contribution >= 0.6 is 0 Å². The average Bonchev–Trinajstić information content (AvgIpc) is 2.65. The summed E-state index contributed by atoms with van der Waals surface area (Å²) in [6.45, 7) is 5.34. The number of fused-ring (bicyclic) bond motifs is 1. The van der Waals surface area contributed by atoms with Crippen molar-refractivity contribution in [2.24, 2.45) is 11.8 Å². The molecule has 1 saturated heterocycles. The highest BCUT2D eigenvalue weighted by Gasteiger charge is 2.41. The average molecular weight is 345 g/mol. The third kappa shape index (κ3) is 3.35. The lowest BCUT2D eigenvalue weighted by Gasteiger charge is -2.43. The van der Waals surface area contributed by atoms with Crippen LogP contribution in [-0.4, -0.2) is 47.7 Å². The minimum atomic E-state index is -0.512. The number of anilines is 2. The van der Waals surface area contributed by atoms with Crippen LogP contribution in [0.25, 0.3) is 0 Å². The van der Waals surface area contributed by atoms with Crippen LogP contribution in [0.4, 0.5) is 16.2 Å². The van der Waals surface area contributed by atoms with E-state index >= 15 is 0 Å². The maximum absolute atomic E-state index is 13.3. The Hall–Kier alpha value is -2.08. The Morgan fingerprint density at radius 1 is 1.40 bits per heavy atom. The zero-order valence-electron chi connectivity index (χ0n) is 14.9. The van der Waals surface area contributed by atoms with E-state index in [1.54, 1.807) is 9.80 Å². The van der Waals surface area contributed by atoms with Crippen LogP contribution in [0.1, 0.15) is 33.1 Å². The van der Waals surface area contributed by atoms with Crippen molar-refractivity contribution in [3.63, 3.8) is 0 Å². The molecule has 3 rings (SSSR count). The van der Waals surface area contributed by atoms with E-state index in [4.69, 9.17) is 0 Å². The monoisotopic (exact) mass is 345 g/mol. The zero-order valence-corrected chi connectivity index (χ0v) is 14.9. The highest BCUT2D eigenvalue weighted by molar-refractivity contribution is 6.11. The molecule has 2 heterocycles. The number of hydrogen-bond donors (Lipinski definition) is 2. The predicted molar refractivity (Wildman–Crippen MR) is 97.6 cm³/mol. The number of rotatable bonds is 3.